The van der Waals surface area contributed by atoms with Gasteiger partial charge in [0.25, 0.3) is 0 Å². The molecule has 0 atom stereocenters. The number of rotatable bonds is 4. The molecule has 94 valence electrons. The maximum atomic E-state index is 11.0. The number of carboxylic acid groups (broad SMARTS) is 1. The number of hydrogen-bond donors (Lipinski definition) is 2. The Morgan fingerprint density at radius 2 is 2.17 bits per heavy atom. The number of anilines is 1. The monoisotopic (exact) mass is 247 g/mol. The van der Waals surface area contributed by atoms with Crippen LogP contribution in [-0.4, -0.2) is 21.2 Å². The van der Waals surface area contributed by atoms with Crippen molar-refractivity contribution in [2.24, 2.45) is 0 Å². The number of aromatic carboxylic acids is 1. The fourth-order valence-electron chi connectivity index (χ4n) is 1.56. The summed E-state index contributed by atoms with van der Waals surface area (Å²) in [5.74, 6) is -0.364. The van der Waals surface area contributed by atoms with E-state index >= 15 is 0 Å². The highest BCUT2D eigenvalue weighted by Gasteiger charge is 2.11. The van der Waals surface area contributed by atoms with Gasteiger partial charge in [0.2, 0.25) is 0 Å². The third kappa shape index (κ3) is 2.65. The van der Waals surface area contributed by atoms with Crippen LogP contribution in [0.5, 0.6) is 0 Å². The average Bonchev–Trinajstić information content (AvgIpc) is 2.72. The molecule has 18 heavy (non-hydrogen) atoms. The molecule has 0 bridgehead atoms. The first-order valence-corrected chi connectivity index (χ1v) is 5.42. The minimum atomic E-state index is -1.02. The maximum absolute atomic E-state index is 11.0. The van der Waals surface area contributed by atoms with Crippen molar-refractivity contribution in [2.75, 3.05) is 5.32 Å². The molecule has 2 heterocycles. The predicted octanol–water partition coefficient (Wildman–Crippen LogP) is 2.00. The first kappa shape index (κ1) is 12.1. The van der Waals surface area contributed by atoms with E-state index in [9.17, 15) is 4.79 Å². The molecule has 0 radical (unpaired) electrons. The second-order valence-electron chi connectivity index (χ2n) is 3.96. The lowest BCUT2D eigenvalue weighted by Crippen LogP contribution is -2.07. The van der Waals surface area contributed by atoms with Crippen molar-refractivity contribution >= 4 is 11.7 Å². The van der Waals surface area contributed by atoms with Crippen LogP contribution in [0.1, 0.15) is 27.5 Å². The van der Waals surface area contributed by atoms with Crippen LogP contribution in [0.3, 0.4) is 0 Å². The molecule has 0 aliphatic rings. The smallest absolute Gasteiger partial charge is 0.339 e. The molecule has 0 saturated carbocycles. The molecule has 2 aromatic rings. The summed E-state index contributed by atoms with van der Waals surface area (Å²) < 4.78 is 5.04. The molecular weight excluding hydrogens is 234 g/mol. The molecule has 2 rings (SSSR count). The van der Waals surface area contributed by atoms with E-state index in [0.717, 1.165) is 11.4 Å². The number of carbonyl (C=O) groups is 1. The fraction of sp³-hybridized carbons (Fsp3) is 0.250. The molecule has 0 fully saturated rings. The highest BCUT2D eigenvalue weighted by molar-refractivity contribution is 5.93. The Kier molecular flexibility index (Phi) is 3.27. The molecule has 6 nitrogen and oxygen atoms in total. The van der Waals surface area contributed by atoms with E-state index in [4.69, 9.17) is 9.63 Å². The van der Waals surface area contributed by atoms with Gasteiger partial charge < -0.3 is 14.9 Å². The van der Waals surface area contributed by atoms with Gasteiger partial charge in [-0.2, -0.15) is 0 Å². The van der Waals surface area contributed by atoms with Crippen molar-refractivity contribution in [3.63, 3.8) is 0 Å². The molecular formula is C12H13N3O3. The third-order valence-corrected chi connectivity index (χ3v) is 2.40. The molecule has 0 saturated heterocycles. The Balaban J connectivity index is 2.17. The lowest BCUT2D eigenvalue weighted by molar-refractivity contribution is 0.0697. The summed E-state index contributed by atoms with van der Waals surface area (Å²) in [4.78, 5) is 15.0. The number of nitrogens with one attached hydrogen (secondary N) is 1. The molecule has 2 aromatic heterocycles. The number of pyridine rings is 1. The van der Waals surface area contributed by atoms with Gasteiger partial charge in [0.1, 0.15) is 5.56 Å². The van der Waals surface area contributed by atoms with E-state index in [0.29, 0.717) is 18.0 Å². The van der Waals surface area contributed by atoms with Gasteiger partial charge in [-0.3, -0.25) is 4.98 Å². The van der Waals surface area contributed by atoms with E-state index < -0.39 is 5.97 Å². The zero-order valence-electron chi connectivity index (χ0n) is 10.1. The first-order chi connectivity index (χ1) is 8.56. The number of carboxylic acids is 1. The molecule has 0 amide bonds. The number of hydrogen-bond acceptors (Lipinski definition) is 5. The maximum Gasteiger partial charge on any atom is 0.339 e. The summed E-state index contributed by atoms with van der Waals surface area (Å²) in [6.07, 6.45) is 1.34. The predicted molar refractivity (Wildman–Crippen MR) is 64.5 cm³/mol. The minimum absolute atomic E-state index is 0.136. The normalized spacial score (nSPS) is 10.3. The molecule has 0 aliphatic carbocycles. The van der Waals surface area contributed by atoms with Crippen LogP contribution < -0.4 is 5.32 Å². The van der Waals surface area contributed by atoms with Crippen LogP contribution in [-0.2, 0) is 6.54 Å². The Morgan fingerprint density at radius 3 is 2.78 bits per heavy atom. The Labute approximate surface area is 104 Å². The summed E-state index contributed by atoms with van der Waals surface area (Å²) in [5, 5.41) is 15.8. The molecule has 0 spiro atoms. The molecule has 6 heteroatoms. The third-order valence-electron chi connectivity index (χ3n) is 2.40. The Morgan fingerprint density at radius 1 is 1.39 bits per heavy atom. The van der Waals surface area contributed by atoms with Gasteiger partial charge in [-0.05, 0) is 19.9 Å². The van der Waals surface area contributed by atoms with Crippen molar-refractivity contribution in [1.29, 1.82) is 0 Å². The van der Waals surface area contributed by atoms with Gasteiger partial charge in [0.05, 0.1) is 17.9 Å². The van der Waals surface area contributed by atoms with Gasteiger partial charge in [0.15, 0.2) is 5.76 Å². The largest absolute Gasteiger partial charge is 0.478 e. The number of aromatic nitrogens is 2. The SMILES string of the molecule is Cc1cc(NCc2cc(C)no2)c(C(=O)O)cn1. The van der Waals surface area contributed by atoms with Crippen LogP contribution in [0.4, 0.5) is 5.69 Å². The lowest BCUT2D eigenvalue weighted by atomic mass is 10.2. The zero-order chi connectivity index (χ0) is 13.1. The number of aryl methyl sites for hydroxylation is 2. The standard InChI is InChI=1S/C12H13N3O3/c1-7-4-11(10(6-13-7)12(16)17)14-5-9-3-8(2)15-18-9/h3-4,6H,5H2,1-2H3,(H,13,14)(H,16,17). The van der Waals surface area contributed by atoms with E-state index in [-0.39, 0.29) is 5.56 Å². The number of nitrogens with zero attached hydrogens (tertiary/aromatic N) is 2. The summed E-state index contributed by atoms with van der Waals surface area (Å²) in [6.45, 7) is 4.01. The van der Waals surface area contributed by atoms with Crippen LogP contribution in [0.25, 0.3) is 0 Å². The van der Waals surface area contributed by atoms with Crippen molar-refractivity contribution in [3.05, 3.63) is 41.0 Å². The molecule has 0 aliphatic heterocycles. The lowest BCUT2D eigenvalue weighted by Gasteiger charge is -2.08. The average molecular weight is 247 g/mol. The quantitative estimate of drug-likeness (QED) is 0.859. The van der Waals surface area contributed by atoms with Gasteiger partial charge in [-0.25, -0.2) is 4.79 Å². The first-order valence-electron chi connectivity index (χ1n) is 5.42. The second kappa shape index (κ2) is 4.87. The van der Waals surface area contributed by atoms with E-state index in [1.54, 1.807) is 19.1 Å². The van der Waals surface area contributed by atoms with Crippen LogP contribution in [0.15, 0.2) is 22.9 Å². The van der Waals surface area contributed by atoms with Crippen LogP contribution in [0, 0.1) is 13.8 Å². The molecule has 0 unspecified atom stereocenters. The van der Waals surface area contributed by atoms with Gasteiger partial charge >= 0.3 is 5.97 Å². The molecule has 0 aromatic carbocycles. The summed E-state index contributed by atoms with van der Waals surface area (Å²) in [6, 6.07) is 3.48. The van der Waals surface area contributed by atoms with Crippen LogP contribution in [0.2, 0.25) is 0 Å². The van der Waals surface area contributed by atoms with E-state index in [1.807, 2.05) is 6.92 Å². The van der Waals surface area contributed by atoms with E-state index in [2.05, 4.69) is 15.5 Å². The highest BCUT2D eigenvalue weighted by atomic mass is 16.5. The topological polar surface area (TPSA) is 88.2 Å². The van der Waals surface area contributed by atoms with Crippen LogP contribution >= 0.6 is 0 Å². The van der Waals surface area contributed by atoms with Gasteiger partial charge in [-0.15, -0.1) is 0 Å². The van der Waals surface area contributed by atoms with E-state index in [1.165, 1.54) is 6.20 Å². The minimum Gasteiger partial charge on any atom is -0.478 e. The Bertz CT molecular complexity index is 578. The van der Waals surface area contributed by atoms with Gasteiger partial charge in [-0.1, -0.05) is 5.16 Å². The second-order valence-corrected chi connectivity index (χ2v) is 3.96. The highest BCUT2D eigenvalue weighted by Crippen LogP contribution is 2.17. The van der Waals surface area contributed by atoms with Crippen molar-refractivity contribution in [1.82, 2.24) is 10.1 Å². The zero-order valence-corrected chi connectivity index (χ0v) is 10.1. The summed E-state index contributed by atoms with van der Waals surface area (Å²) in [7, 11) is 0. The van der Waals surface area contributed by atoms with Crippen molar-refractivity contribution in [3.8, 4) is 0 Å². The Hall–Kier alpha value is -2.37. The van der Waals surface area contributed by atoms with Gasteiger partial charge in [0, 0.05) is 18.0 Å². The summed E-state index contributed by atoms with van der Waals surface area (Å²) in [5.41, 5.74) is 2.19. The van der Waals surface area contributed by atoms with Crippen molar-refractivity contribution in [2.45, 2.75) is 20.4 Å². The van der Waals surface area contributed by atoms with Crippen molar-refractivity contribution < 1.29 is 14.4 Å². The molecule has 2 N–H and O–H groups in total. The summed E-state index contributed by atoms with van der Waals surface area (Å²) >= 11 is 0. The fourth-order valence-corrected chi connectivity index (χ4v) is 1.56.